The molecule has 34 heavy (non-hydrogen) atoms. The largest absolute Gasteiger partial charge is 0.388 e. The van der Waals surface area contributed by atoms with Gasteiger partial charge < -0.3 is 20.6 Å². The van der Waals surface area contributed by atoms with Crippen molar-refractivity contribution in [3.63, 3.8) is 0 Å². The lowest BCUT2D eigenvalue weighted by Crippen LogP contribution is -2.57. The second kappa shape index (κ2) is 8.91. The second-order valence-electron chi connectivity index (χ2n) is 10.4. The molecule has 6 heteroatoms. The minimum Gasteiger partial charge on any atom is -0.388 e. The van der Waals surface area contributed by atoms with Crippen LogP contribution in [0.3, 0.4) is 0 Å². The molecule has 0 saturated carbocycles. The maximum atomic E-state index is 13.8. The zero-order valence-electron chi connectivity index (χ0n) is 20.2. The molecule has 4 rings (SSSR count). The lowest BCUT2D eigenvalue weighted by molar-refractivity contribution is -0.141. The number of aliphatic hydroxyl groups is 3. The number of allylic oxidation sites excluding steroid dienone is 1. The number of nitrogens with one attached hydrogen (secondary N) is 1. The zero-order valence-corrected chi connectivity index (χ0v) is 20.2. The van der Waals surface area contributed by atoms with Crippen LogP contribution < -0.4 is 5.32 Å². The Bertz CT molecular complexity index is 1060. The van der Waals surface area contributed by atoms with Crippen LogP contribution in [0.1, 0.15) is 39.7 Å². The van der Waals surface area contributed by atoms with E-state index in [9.17, 15) is 24.9 Å². The van der Waals surface area contributed by atoms with E-state index >= 15 is 0 Å². The van der Waals surface area contributed by atoms with Gasteiger partial charge in [0.2, 0.25) is 5.91 Å². The molecule has 0 radical (unpaired) electrons. The summed E-state index contributed by atoms with van der Waals surface area (Å²) in [5.74, 6) is -2.21. The van der Waals surface area contributed by atoms with E-state index in [2.05, 4.69) is 5.32 Å². The number of ketones is 1. The van der Waals surface area contributed by atoms with Crippen LogP contribution in [-0.4, -0.2) is 50.9 Å². The zero-order chi connectivity index (χ0) is 24.8. The van der Waals surface area contributed by atoms with Gasteiger partial charge in [-0.1, -0.05) is 61.1 Å². The van der Waals surface area contributed by atoms with Crippen LogP contribution in [0, 0.1) is 23.2 Å². The van der Waals surface area contributed by atoms with Crippen molar-refractivity contribution >= 4 is 11.7 Å². The van der Waals surface area contributed by atoms with Gasteiger partial charge in [0.15, 0.2) is 5.78 Å². The Hall–Kier alpha value is -2.54. The van der Waals surface area contributed by atoms with Gasteiger partial charge in [0.1, 0.15) is 5.60 Å². The minimum atomic E-state index is -1.77. The van der Waals surface area contributed by atoms with Gasteiger partial charge in [-0.2, -0.15) is 0 Å². The Labute approximate surface area is 201 Å². The standard InChI is InChI=1S/C28H35NO5/c1-16-9-8-12-20-24(31)18(3)17(2)23-21(15-19-10-6-5-7-11-19)29-26(33)28(20,23)22(30)13-14-27(4,34)25(16)32/h5-8,10-14,16,20-24,30-31,34H,9,15H2,1-4H3,(H,29,33)/b12-8+,14-13+/t16?,20-,21-,22+,23-,24+,27+,28+/m0/s1. The number of amides is 1. The third kappa shape index (κ3) is 3.78. The van der Waals surface area contributed by atoms with Gasteiger partial charge in [0, 0.05) is 23.8 Å². The fourth-order valence-corrected chi connectivity index (χ4v) is 6.25. The second-order valence-corrected chi connectivity index (χ2v) is 10.4. The third-order valence-corrected chi connectivity index (χ3v) is 8.22. The molecule has 6 nitrogen and oxygen atoms in total. The molecule has 1 unspecified atom stereocenters. The van der Waals surface area contributed by atoms with Crippen LogP contribution in [0.15, 0.2) is 65.8 Å². The van der Waals surface area contributed by atoms with Gasteiger partial charge in [-0.15, -0.1) is 0 Å². The number of carbonyl (C=O) groups excluding carboxylic acids is 2. The van der Waals surface area contributed by atoms with Gasteiger partial charge in [-0.05, 0) is 50.8 Å². The molecule has 182 valence electrons. The molecule has 1 aromatic carbocycles. The van der Waals surface area contributed by atoms with E-state index in [4.69, 9.17) is 0 Å². The molecule has 3 aliphatic rings. The Morgan fingerprint density at radius 1 is 1.06 bits per heavy atom. The smallest absolute Gasteiger partial charge is 0.230 e. The summed E-state index contributed by atoms with van der Waals surface area (Å²) in [6.07, 6.45) is 4.93. The van der Waals surface area contributed by atoms with Crippen molar-refractivity contribution in [2.75, 3.05) is 0 Å². The molecule has 1 heterocycles. The van der Waals surface area contributed by atoms with E-state index in [0.29, 0.717) is 12.8 Å². The molecule has 1 amide bonds. The van der Waals surface area contributed by atoms with Crippen LogP contribution in [0.5, 0.6) is 0 Å². The lowest BCUT2D eigenvalue weighted by Gasteiger charge is -2.49. The quantitative estimate of drug-likeness (QED) is 0.502. The average molecular weight is 466 g/mol. The van der Waals surface area contributed by atoms with E-state index in [1.54, 1.807) is 19.1 Å². The topological polar surface area (TPSA) is 107 Å². The highest BCUT2D eigenvalue weighted by Crippen LogP contribution is 2.56. The van der Waals surface area contributed by atoms with Crippen LogP contribution >= 0.6 is 0 Å². The van der Waals surface area contributed by atoms with Gasteiger partial charge >= 0.3 is 0 Å². The summed E-state index contributed by atoms with van der Waals surface area (Å²) >= 11 is 0. The third-order valence-electron chi connectivity index (χ3n) is 8.22. The predicted octanol–water partition coefficient (Wildman–Crippen LogP) is 2.49. The van der Waals surface area contributed by atoms with Gasteiger partial charge in [0.25, 0.3) is 0 Å². The van der Waals surface area contributed by atoms with Crippen molar-refractivity contribution in [3.05, 3.63) is 71.3 Å². The number of aliphatic hydroxyl groups excluding tert-OH is 2. The SMILES string of the molecule is CC1=C(C)[C@H]2[C@H](Cc3ccccc3)NC(=O)[C@]23[C@H](O)/C=C/[C@@](C)(O)C(=O)C(C)C/C=C/[C@H]3[C@@H]1O. The summed E-state index contributed by atoms with van der Waals surface area (Å²) in [5.41, 5.74) is -0.394. The number of rotatable bonds is 2. The molecule has 2 aliphatic carbocycles. The molecule has 1 spiro atoms. The molecule has 1 aromatic rings. The number of hydrogen-bond donors (Lipinski definition) is 4. The Morgan fingerprint density at radius 2 is 1.74 bits per heavy atom. The molecule has 1 saturated heterocycles. The van der Waals surface area contributed by atoms with Crippen molar-refractivity contribution in [2.45, 2.75) is 64.4 Å². The van der Waals surface area contributed by atoms with Crippen LogP contribution in [0.4, 0.5) is 0 Å². The van der Waals surface area contributed by atoms with Crippen molar-refractivity contribution < 1.29 is 24.9 Å². The Balaban J connectivity index is 1.89. The fraction of sp³-hybridized carbons (Fsp3) is 0.500. The van der Waals surface area contributed by atoms with E-state index in [0.717, 1.165) is 16.7 Å². The Kier molecular flexibility index (Phi) is 6.44. The van der Waals surface area contributed by atoms with Crippen LogP contribution in [0.25, 0.3) is 0 Å². The Morgan fingerprint density at radius 3 is 2.41 bits per heavy atom. The molecule has 4 N–H and O–H groups in total. The molecular formula is C28H35NO5. The molecular weight excluding hydrogens is 430 g/mol. The van der Waals surface area contributed by atoms with E-state index < -0.39 is 35.1 Å². The highest BCUT2D eigenvalue weighted by molar-refractivity contribution is 5.91. The highest BCUT2D eigenvalue weighted by Gasteiger charge is 2.66. The minimum absolute atomic E-state index is 0.275. The van der Waals surface area contributed by atoms with E-state index in [1.807, 2.05) is 44.2 Å². The van der Waals surface area contributed by atoms with Crippen molar-refractivity contribution in [3.8, 4) is 0 Å². The van der Waals surface area contributed by atoms with Crippen LogP contribution in [-0.2, 0) is 16.0 Å². The van der Waals surface area contributed by atoms with Gasteiger partial charge in [-0.3, -0.25) is 9.59 Å². The summed E-state index contributed by atoms with van der Waals surface area (Å²) in [6, 6.07) is 9.60. The average Bonchev–Trinajstić information content (AvgIpc) is 3.09. The first-order valence-corrected chi connectivity index (χ1v) is 12.0. The number of Topliss-reactive ketones (excluding diaryl/α,β-unsaturated/α-hetero) is 1. The van der Waals surface area contributed by atoms with E-state index in [-0.39, 0.29) is 23.7 Å². The first-order valence-electron chi connectivity index (χ1n) is 12.0. The highest BCUT2D eigenvalue weighted by atomic mass is 16.3. The van der Waals surface area contributed by atoms with Crippen molar-refractivity contribution in [1.29, 1.82) is 0 Å². The summed E-state index contributed by atoms with van der Waals surface area (Å²) in [4.78, 5) is 26.6. The number of carbonyl (C=O) groups is 2. The summed E-state index contributed by atoms with van der Waals surface area (Å²) in [5, 5.41) is 36.9. The van der Waals surface area contributed by atoms with E-state index in [1.165, 1.54) is 19.1 Å². The summed E-state index contributed by atoms with van der Waals surface area (Å²) in [7, 11) is 0. The molecule has 8 atom stereocenters. The fourth-order valence-electron chi connectivity index (χ4n) is 6.25. The summed E-state index contributed by atoms with van der Waals surface area (Å²) < 4.78 is 0. The monoisotopic (exact) mass is 465 g/mol. The predicted molar refractivity (Wildman–Crippen MR) is 130 cm³/mol. The molecule has 1 fully saturated rings. The number of benzene rings is 1. The molecule has 0 bridgehead atoms. The maximum absolute atomic E-state index is 13.8. The number of hydrogen-bond acceptors (Lipinski definition) is 5. The van der Waals surface area contributed by atoms with Crippen molar-refractivity contribution in [2.24, 2.45) is 23.2 Å². The summed E-state index contributed by atoms with van der Waals surface area (Å²) in [6.45, 7) is 6.95. The lowest BCUT2D eigenvalue weighted by atomic mass is 9.54. The van der Waals surface area contributed by atoms with Gasteiger partial charge in [0.05, 0.1) is 17.6 Å². The first-order chi connectivity index (χ1) is 16.0. The van der Waals surface area contributed by atoms with Crippen molar-refractivity contribution in [1.82, 2.24) is 5.32 Å². The maximum Gasteiger partial charge on any atom is 0.230 e. The first kappa shape index (κ1) is 24.6. The van der Waals surface area contributed by atoms with Gasteiger partial charge in [-0.25, -0.2) is 0 Å². The molecule has 1 aliphatic heterocycles. The van der Waals surface area contributed by atoms with Crippen LogP contribution in [0.2, 0.25) is 0 Å². The normalized spacial score (nSPS) is 42.3. The molecule has 0 aromatic heterocycles.